The first-order chi connectivity index (χ1) is 4.06. The minimum absolute atomic E-state index is 0.0203. The normalized spacial score (nSPS) is 16.8. The van der Waals surface area contributed by atoms with Gasteiger partial charge in [-0.2, -0.15) is 0 Å². The molecule has 0 unspecified atom stereocenters. The Kier molecular flexibility index (Phi) is 3.18. The van der Waals surface area contributed by atoms with Gasteiger partial charge in [0.05, 0.1) is 0 Å². The van der Waals surface area contributed by atoms with E-state index in [1.807, 2.05) is 5.82 Å². The molecule has 0 aromatic heterocycles. The molecular weight excluding hydrogens is 185 g/mol. The van der Waals surface area contributed by atoms with E-state index in [4.69, 9.17) is 10.8 Å². The molecule has 0 aromatic rings. The van der Waals surface area contributed by atoms with Crippen LogP contribution in [0.25, 0.3) is 0 Å². The molecule has 0 saturated heterocycles. The molecule has 9 heavy (non-hydrogen) atoms. The van der Waals surface area contributed by atoms with E-state index in [1.54, 1.807) is 6.92 Å². The third-order valence-corrected chi connectivity index (χ3v) is 3.75. The van der Waals surface area contributed by atoms with Crippen LogP contribution in [0.4, 0.5) is 0 Å². The van der Waals surface area contributed by atoms with E-state index < -0.39 is 10.4 Å². The summed E-state index contributed by atoms with van der Waals surface area (Å²) in [7, 11) is 0. The Balaban J connectivity index is 4.09. The second-order valence-corrected chi connectivity index (χ2v) is 4.14. The maximum absolute atomic E-state index is 10.4. The Hall–Kier alpha value is -0.0505. The molecule has 3 N–H and O–H groups in total. The van der Waals surface area contributed by atoms with Crippen molar-refractivity contribution < 1.29 is 9.90 Å². The molecule has 0 aromatic carbocycles. The van der Waals surface area contributed by atoms with Gasteiger partial charge in [-0.15, -0.1) is 0 Å². The van der Waals surface area contributed by atoms with Crippen LogP contribution >= 0.6 is 0 Å². The van der Waals surface area contributed by atoms with E-state index in [0.29, 0.717) is 6.42 Å². The molecule has 54 valence electrons. The molecule has 0 fully saturated rings. The van der Waals surface area contributed by atoms with E-state index in [-0.39, 0.29) is 15.0 Å². The topological polar surface area (TPSA) is 63.3 Å². The zero-order chi connectivity index (χ0) is 7.49. The Morgan fingerprint density at radius 2 is 2.33 bits per heavy atom. The number of hydrogen-bond acceptors (Lipinski definition) is 2. The molecule has 0 heterocycles. The van der Waals surface area contributed by atoms with Gasteiger partial charge in [-0.25, -0.2) is 0 Å². The molecule has 0 spiro atoms. The van der Waals surface area contributed by atoms with Crippen molar-refractivity contribution in [1.82, 2.24) is 0 Å². The third-order valence-electron chi connectivity index (χ3n) is 1.25. The maximum atomic E-state index is 10.4. The first-order valence-corrected chi connectivity index (χ1v) is 5.21. The Labute approximate surface area is 60.8 Å². The third kappa shape index (κ3) is 1.97. The Morgan fingerprint density at radius 3 is 2.33 bits per heavy atom. The van der Waals surface area contributed by atoms with Gasteiger partial charge in [-0.3, -0.25) is 0 Å². The fourth-order valence-electron chi connectivity index (χ4n) is 0.383. The molecule has 0 radical (unpaired) electrons. The predicted octanol–water partition coefficient (Wildman–Crippen LogP) is -0.112. The van der Waals surface area contributed by atoms with Crippen molar-refractivity contribution in [3.8, 4) is 0 Å². The molecule has 0 aliphatic rings. The molecule has 0 saturated carbocycles. The fourth-order valence-corrected chi connectivity index (χ4v) is 1.35. The van der Waals surface area contributed by atoms with E-state index in [1.165, 1.54) is 0 Å². The zero-order valence-electron chi connectivity index (χ0n) is 5.55. The summed E-state index contributed by atoms with van der Waals surface area (Å²) < 4.78 is -0.938. The van der Waals surface area contributed by atoms with Crippen LogP contribution in [0, 0.1) is 0 Å². The van der Waals surface area contributed by atoms with Crippen LogP contribution < -0.4 is 5.73 Å². The molecule has 0 bridgehead atoms. The van der Waals surface area contributed by atoms with Gasteiger partial charge in [0, 0.05) is 0 Å². The number of carboxylic acids is 1. The van der Waals surface area contributed by atoms with Gasteiger partial charge >= 0.3 is 60.2 Å². The minimum atomic E-state index is -0.938. The molecule has 0 aliphatic heterocycles. The average Bonchev–Trinajstić information content (AvgIpc) is 1.86. The van der Waals surface area contributed by atoms with Crippen LogP contribution in [-0.2, 0) is 4.79 Å². The van der Waals surface area contributed by atoms with E-state index in [0.717, 1.165) is 0 Å². The van der Waals surface area contributed by atoms with Crippen LogP contribution in [0.3, 0.4) is 0 Å². The summed E-state index contributed by atoms with van der Waals surface area (Å²) >= 11 is -0.0203. The zero-order valence-corrected chi connectivity index (χ0v) is 7.26. The number of aliphatic carboxylic acids is 1. The molecule has 4 heteroatoms. The van der Waals surface area contributed by atoms with Gasteiger partial charge in [0.15, 0.2) is 0 Å². The monoisotopic (exact) mass is 197 g/mol. The quantitative estimate of drug-likeness (QED) is 0.619. The van der Waals surface area contributed by atoms with Crippen LogP contribution in [0.1, 0.15) is 13.3 Å². The van der Waals surface area contributed by atoms with E-state index in [2.05, 4.69) is 0 Å². The summed E-state index contributed by atoms with van der Waals surface area (Å²) in [4.78, 5) is 10.4. The Bertz CT molecular complexity index is 112. The van der Waals surface area contributed by atoms with Crippen molar-refractivity contribution in [3.05, 3.63) is 0 Å². The summed E-state index contributed by atoms with van der Waals surface area (Å²) in [5.74, 6) is 0.956. The van der Waals surface area contributed by atoms with Gasteiger partial charge in [0.25, 0.3) is 0 Å². The fraction of sp³-hybridized carbons (Fsp3) is 0.800. The van der Waals surface area contributed by atoms with E-state index >= 15 is 0 Å². The summed E-state index contributed by atoms with van der Waals surface area (Å²) in [5.41, 5.74) is 5.47. The average molecular weight is 196 g/mol. The predicted molar refractivity (Wildman–Crippen MR) is 36.5 cm³/mol. The van der Waals surface area contributed by atoms with Gasteiger partial charge in [-0.05, 0) is 0 Å². The molecule has 1 atom stereocenters. The van der Waals surface area contributed by atoms with Crippen molar-refractivity contribution in [1.29, 1.82) is 0 Å². The Morgan fingerprint density at radius 1 is 1.89 bits per heavy atom. The van der Waals surface area contributed by atoms with Crippen molar-refractivity contribution in [2.24, 2.45) is 5.73 Å². The van der Waals surface area contributed by atoms with Crippen molar-refractivity contribution >= 4 is 20.9 Å². The number of carboxylic acid groups (broad SMARTS) is 1. The van der Waals surface area contributed by atoms with Crippen LogP contribution in [0.5, 0.6) is 0 Å². The van der Waals surface area contributed by atoms with Crippen molar-refractivity contribution in [2.75, 3.05) is 0 Å². The molecule has 3 nitrogen and oxygen atoms in total. The van der Waals surface area contributed by atoms with Gasteiger partial charge in [0.2, 0.25) is 0 Å². The first kappa shape index (κ1) is 8.95. The number of hydrogen-bond donors (Lipinski definition) is 2. The molecular formula is C5H11NO2Se. The number of rotatable bonds is 3. The summed E-state index contributed by atoms with van der Waals surface area (Å²) in [6.45, 7) is 1.79. The summed E-state index contributed by atoms with van der Waals surface area (Å²) in [5, 5.41) is 8.52. The molecule has 0 rings (SSSR count). The second-order valence-electron chi connectivity index (χ2n) is 1.75. The van der Waals surface area contributed by atoms with Crippen LogP contribution in [0.15, 0.2) is 0 Å². The van der Waals surface area contributed by atoms with Crippen molar-refractivity contribution in [3.63, 3.8) is 0 Å². The molecule has 0 aliphatic carbocycles. The SMILES string of the molecule is CC[C@](N)([Se]C)C(=O)O. The van der Waals surface area contributed by atoms with Gasteiger partial charge in [-0.1, -0.05) is 0 Å². The van der Waals surface area contributed by atoms with Gasteiger partial charge < -0.3 is 0 Å². The van der Waals surface area contributed by atoms with E-state index in [9.17, 15) is 4.79 Å². The van der Waals surface area contributed by atoms with Crippen LogP contribution in [0.2, 0.25) is 5.82 Å². The first-order valence-electron chi connectivity index (χ1n) is 2.64. The number of nitrogens with two attached hydrogens (primary N) is 1. The number of carbonyl (C=O) groups is 1. The standard InChI is InChI=1S/C5H11NO2Se/c1-3-5(6,9-2)4(7)8/h3,6H2,1-2H3,(H,7,8)/t5-/m0/s1. The summed E-state index contributed by atoms with van der Waals surface area (Å²) in [6, 6.07) is 0. The van der Waals surface area contributed by atoms with Crippen LogP contribution in [-0.4, -0.2) is 30.5 Å². The van der Waals surface area contributed by atoms with Crippen molar-refractivity contribution in [2.45, 2.75) is 23.6 Å². The second kappa shape index (κ2) is 3.20. The summed E-state index contributed by atoms with van der Waals surface area (Å²) in [6.07, 6.45) is 0.513. The van der Waals surface area contributed by atoms with Gasteiger partial charge in [0.1, 0.15) is 0 Å². The molecule has 0 amide bonds.